The van der Waals surface area contributed by atoms with Gasteiger partial charge in [0.2, 0.25) is 9.30 Å². The van der Waals surface area contributed by atoms with Crippen molar-refractivity contribution < 1.29 is 12.9 Å². The third kappa shape index (κ3) is 2.40. The number of aromatic nitrogens is 4. The summed E-state index contributed by atoms with van der Waals surface area (Å²) in [5.74, 6) is 0.617. The Bertz CT molecular complexity index is 1110. The monoisotopic (exact) mass is 361 g/mol. The van der Waals surface area contributed by atoms with Gasteiger partial charge in [-0.15, -0.1) is 5.10 Å². The van der Waals surface area contributed by atoms with Crippen molar-refractivity contribution in [3.8, 4) is 22.5 Å². The number of fused-ring (bicyclic) bond motifs is 1. The van der Waals surface area contributed by atoms with E-state index in [2.05, 4.69) is 15.2 Å². The van der Waals surface area contributed by atoms with E-state index in [0.29, 0.717) is 22.1 Å². The minimum atomic E-state index is -3.84. The van der Waals surface area contributed by atoms with Crippen LogP contribution in [-0.2, 0) is 10.0 Å². The van der Waals surface area contributed by atoms with Crippen LogP contribution in [0.1, 0.15) is 5.76 Å². The summed E-state index contributed by atoms with van der Waals surface area (Å²) in [6, 6.07) is 9.60. The minimum absolute atomic E-state index is 0.179. The summed E-state index contributed by atoms with van der Waals surface area (Å²) in [4.78, 5) is 4.86. The molecule has 1 aromatic carbocycles. The molecule has 0 spiro atoms. The quantitative estimate of drug-likeness (QED) is 0.597. The maximum Gasteiger partial charge on any atom is 0.267 e. The Morgan fingerprint density at radius 2 is 2.00 bits per heavy atom. The lowest BCUT2D eigenvalue weighted by Crippen LogP contribution is -2.12. The fourth-order valence-electron chi connectivity index (χ4n) is 2.38. The van der Waals surface area contributed by atoms with Crippen molar-refractivity contribution in [3.63, 3.8) is 0 Å². The van der Waals surface area contributed by atoms with Gasteiger partial charge in [-0.3, -0.25) is 0 Å². The standard InChI is InChI=1S/C14H11N5O3S2/c1-8-11(12(18-22-8)9-5-3-2-4-6-9)10-7-19-13(16-10)23-14(17-19)24(15,20)21/h2-7H,1H3,(H2,15,20,21). The number of hydrogen-bond donors (Lipinski definition) is 1. The molecule has 0 unspecified atom stereocenters. The second kappa shape index (κ2) is 5.23. The smallest absolute Gasteiger partial charge is 0.267 e. The maximum absolute atomic E-state index is 11.4. The van der Waals surface area contributed by atoms with Crippen molar-refractivity contribution in [2.75, 3.05) is 0 Å². The summed E-state index contributed by atoms with van der Waals surface area (Å²) >= 11 is 0.907. The molecule has 8 nitrogen and oxygen atoms in total. The first-order valence-corrected chi connectivity index (χ1v) is 9.21. The van der Waals surface area contributed by atoms with E-state index < -0.39 is 10.0 Å². The molecular weight excluding hydrogens is 350 g/mol. The summed E-state index contributed by atoms with van der Waals surface area (Å²) in [6.07, 6.45) is 1.63. The van der Waals surface area contributed by atoms with Crippen LogP contribution in [0.4, 0.5) is 0 Å². The average molecular weight is 361 g/mol. The first-order chi connectivity index (χ1) is 11.4. The van der Waals surface area contributed by atoms with Crippen molar-refractivity contribution in [2.45, 2.75) is 11.3 Å². The van der Waals surface area contributed by atoms with Crippen LogP contribution in [0.15, 0.2) is 45.4 Å². The first-order valence-electron chi connectivity index (χ1n) is 6.84. The average Bonchev–Trinajstić information content (AvgIpc) is 3.19. The number of primary sulfonamides is 1. The number of imidazole rings is 1. The number of nitrogens with two attached hydrogens (primary N) is 1. The zero-order chi connectivity index (χ0) is 16.9. The van der Waals surface area contributed by atoms with Crippen LogP contribution in [0.2, 0.25) is 0 Å². The lowest BCUT2D eigenvalue weighted by atomic mass is 10.0. The van der Waals surface area contributed by atoms with Gasteiger partial charge in [-0.05, 0) is 6.92 Å². The number of sulfonamides is 1. The molecule has 122 valence electrons. The van der Waals surface area contributed by atoms with E-state index in [4.69, 9.17) is 9.66 Å². The van der Waals surface area contributed by atoms with Crippen LogP contribution in [0.3, 0.4) is 0 Å². The third-order valence-electron chi connectivity index (χ3n) is 3.43. The molecule has 0 aliphatic rings. The van der Waals surface area contributed by atoms with E-state index in [1.54, 1.807) is 13.1 Å². The Morgan fingerprint density at radius 3 is 2.67 bits per heavy atom. The molecule has 0 bridgehead atoms. The number of nitrogens with zero attached hydrogens (tertiary/aromatic N) is 4. The lowest BCUT2D eigenvalue weighted by molar-refractivity contribution is 0.400. The van der Waals surface area contributed by atoms with E-state index in [-0.39, 0.29) is 4.34 Å². The largest absolute Gasteiger partial charge is 0.360 e. The van der Waals surface area contributed by atoms with Crippen molar-refractivity contribution >= 4 is 26.3 Å². The Balaban J connectivity index is 1.87. The van der Waals surface area contributed by atoms with Gasteiger partial charge in [0.05, 0.1) is 17.5 Å². The second-order valence-corrected chi connectivity index (χ2v) is 7.79. The molecule has 0 atom stereocenters. The van der Waals surface area contributed by atoms with E-state index in [9.17, 15) is 8.42 Å². The number of benzene rings is 1. The van der Waals surface area contributed by atoms with Crippen molar-refractivity contribution in [2.24, 2.45) is 5.14 Å². The molecule has 3 heterocycles. The Hall–Kier alpha value is -2.56. The molecular formula is C14H11N5O3S2. The summed E-state index contributed by atoms with van der Waals surface area (Å²) < 4.78 is 29.3. The van der Waals surface area contributed by atoms with Gasteiger partial charge in [-0.25, -0.2) is 23.1 Å². The Kier molecular flexibility index (Phi) is 3.27. The molecule has 3 aromatic heterocycles. The third-order valence-corrected chi connectivity index (χ3v) is 5.67. The fourth-order valence-corrected chi connectivity index (χ4v) is 3.89. The lowest BCUT2D eigenvalue weighted by Gasteiger charge is -1.99. The van der Waals surface area contributed by atoms with Crippen molar-refractivity contribution in [3.05, 3.63) is 42.3 Å². The zero-order valence-corrected chi connectivity index (χ0v) is 14.0. The molecule has 0 amide bonds. The number of aryl methyl sites for hydroxylation is 1. The highest BCUT2D eigenvalue weighted by Crippen LogP contribution is 2.34. The van der Waals surface area contributed by atoms with E-state index in [0.717, 1.165) is 22.5 Å². The van der Waals surface area contributed by atoms with Gasteiger partial charge in [0.15, 0.2) is 0 Å². The molecule has 4 aromatic rings. The maximum atomic E-state index is 11.4. The molecule has 0 aliphatic heterocycles. The van der Waals surface area contributed by atoms with Crippen molar-refractivity contribution in [1.29, 1.82) is 0 Å². The van der Waals surface area contributed by atoms with Crippen LogP contribution >= 0.6 is 11.3 Å². The van der Waals surface area contributed by atoms with Gasteiger partial charge in [0, 0.05) is 5.56 Å². The summed E-state index contributed by atoms with van der Waals surface area (Å²) in [5, 5.41) is 13.2. The molecule has 0 saturated carbocycles. The Morgan fingerprint density at radius 1 is 1.25 bits per heavy atom. The van der Waals surface area contributed by atoms with Crippen LogP contribution < -0.4 is 5.14 Å². The predicted octanol–water partition coefficient (Wildman–Crippen LogP) is 2.07. The fraction of sp³-hybridized carbons (Fsp3) is 0.0714. The van der Waals surface area contributed by atoms with Gasteiger partial charge in [-0.1, -0.05) is 46.8 Å². The minimum Gasteiger partial charge on any atom is -0.360 e. The van der Waals surface area contributed by atoms with E-state index in [1.165, 1.54) is 4.52 Å². The van der Waals surface area contributed by atoms with Crippen LogP contribution in [0.5, 0.6) is 0 Å². The highest BCUT2D eigenvalue weighted by Gasteiger charge is 2.22. The predicted molar refractivity (Wildman–Crippen MR) is 87.9 cm³/mol. The van der Waals surface area contributed by atoms with Gasteiger partial charge < -0.3 is 4.52 Å². The van der Waals surface area contributed by atoms with Crippen LogP contribution in [0, 0.1) is 6.92 Å². The van der Waals surface area contributed by atoms with Crippen molar-refractivity contribution in [1.82, 2.24) is 19.8 Å². The highest BCUT2D eigenvalue weighted by molar-refractivity contribution is 7.91. The van der Waals surface area contributed by atoms with E-state index in [1.807, 2.05) is 30.3 Å². The van der Waals surface area contributed by atoms with E-state index >= 15 is 0 Å². The number of rotatable bonds is 3. The molecule has 0 radical (unpaired) electrons. The second-order valence-electron chi connectivity index (χ2n) is 5.09. The molecule has 10 heteroatoms. The van der Waals surface area contributed by atoms with Gasteiger partial charge in [0.1, 0.15) is 11.5 Å². The molecule has 0 saturated heterocycles. The van der Waals surface area contributed by atoms with Crippen LogP contribution in [0.25, 0.3) is 27.5 Å². The molecule has 24 heavy (non-hydrogen) atoms. The SMILES string of the molecule is Cc1onc(-c2ccccc2)c1-c1cn2nc(S(N)(=O)=O)sc2n1. The Labute approximate surface area is 140 Å². The van der Waals surface area contributed by atoms with Gasteiger partial charge in [-0.2, -0.15) is 0 Å². The summed E-state index contributed by atoms with van der Waals surface area (Å²) in [6.45, 7) is 1.80. The molecule has 4 rings (SSSR count). The highest BCUT2D eigenvalue weighted by atomic mass is 32.2. The molecule has 0 fully saturated rings. The molecule has 0 aliphatic carbocycles. The summed E-state index contributed by atoms with van der Waals surface area (Å²) in [5.41, 5.74) is 2.92. The zero-order valence-electron chi connectivity index (χ0n) is 12.4. The van der Waals surface area contributed by atoms with Gasteiger partial charge >= 0.3 is 0 Å². The normalized spacial score (nSPS) is 12.1. The van der Waals surface area contributed by atoms with Gasteiger partial charge in [0.25, 0.3) is 10.0 Å². The molecule has 2 N–H and O–H groups in total. The van der Waals surface area contributed by atoms with Crippen LogP contribution in [-0.4, -0.2) is 28.2 Å². The number of hydrogen-bond acceptors (Lipinski definition) is 7. The first kappa shape index (κ1) is 15.0. The summed E-state index contributed by atoms with van der Waals surface area (Å²) in [7, 11) is -3.84. The topological polar surface area (TPSA) is 116 Å².